The van der Waals surface area contributed by atoms with Crippen molar-refractivity contribution in [1.29, 1.82) is 0 Å². The second-order valence-corrected chi connectivity index (χ2v) is 7.47. The van der Waals surface area contributed by atoms with Gasteiger partial charge in [-0.15, -0.1) is 0 Å². The molecular weight excluding hydrogens is 316 g/mol. The molecule has 0 N–H and O–H groups in total. The zero-order valence-electron chi connectivity index (χ0n) is 15.2. The number of rotatable bonds is 0. The Morgan fingerprint density at radius 2 is 1.50 bits per heavy atom. The van der Waals surface area contributed by atoms with Crippen LogP contribution in [0.1, 0.15) is 11.1 Å². The molecule has 2 heteroatoms. The van der Waals surface area contributed by atoms with Gasteiger partial charge in [-0.3, -0.25) is 0 Å². The monoisotopic (exact) mass is 335 g/mol. The Kier molecular flexibility index (Phi) is 2.45. The van der Waals surface area contributed by atoms with Crippen molar-refractivity contribution in [2.75, 3.05) is 0 Å². The van der Waals surface area contributed by atoms with Crippen molar-refractivity contribution >= 4 is 49.0 Å². The molecule has 6 rings (SSSR count). The normalized spacial score (nSPS) is 12.4. The zero-order chi connectivity index (χ0) is 17.6. The average Bonchev–Trinajstić information content (AvgIpc) is 2.98. The third-order valence-corrected chi connectivity index (χ3v) is 6.02. The molecule has 3 aromatic carbocycles. The minimum atomic E-state index is 1.28. The number of aromatic nitrogens is 2. The van der Waals surface area contributed by atoms with Crippen molar-refractivity contribution in [3.63, 3.8) is 0 Å². The van der Waals surface area contributed by atoms with E-state index in [1.54, 1.807) is 0 Å². The van der Waals surface area contributed by atoms with E-state index < -0.39 is 0 Å². The van der Waals surface area contributed by atoms with E-state index in [1.807, 2.05) is 0 Å². The van der Waals surface area contributed by atoms with Crippen LogP contribution in [0.2, 0.25) is 0 Å². The second-order valence-electron chi connectivity index (χ2n) is 7.47. The van der Waals surface area contributed by atoms with E-state index in [1.165, 1.54) is 60.1 Å². The van der Waals surface area contributed by atoms with Crippen molar-refractivity contribution in [2.24, 2.45) is 7.05 Å². The fourth-order valence-electron chi connectivity index (χ4n) is 4.81. The van der Waals surface area contributed by atoms with E-state index in [9.17, 15) is 0 Å². The summed E-state index contributed by atoms with van der Waals surface area (Å²) in [4.78, 5) is 0. The summed E-state index contributed by atoms with van der Waals surface area (Å²) in [5.74, 6) is 0. The van der Waals surface area contributed by atoms with E-state index in [0.29, 0.717) is 0 Å². The number of fused-ring (bicyclic) bond motifs is 5. The third-order valence-electron chi connectivity index (χ3n) is 6.02. The molecule has 3 heterocycles. The first-order chi connectivity index (χ1) is 12.7. The molecule has 0 bridgehead atoms. The van der Waals surface area contributed by atoms with Gasteiger partial charge < -0.3 is 4.40 Å². The molecule has 0 atom stereocenters. The SMILES string of the molecule is Cc1ccc2c3c1ccc(C)c3c1c3c(cc[n+]1C)c1ccccc1n23. The highest BCUT2D eigenvalue weighted by Gasteiger charge is 2.24. The predicted octanol–water partition coefficient (Wildman–Crippen LogP) is 5.43. The molecule has 0 aliphatic carbocycles. The molecule has 0 fully saturated rings. The summed E-state index contributed by atoms with van der Waals surface area (Å²) in [6.45, 7) is 4.44. The summed E-state index contributed by atoms with van der Waals surface area (Å²) in [6, 6.07) is 20.1. The maximum atomic E-state index is 2.47. The van der Waals surface area contributed by atoms with Crippen molar-refractivity contribution in [3.8, 4) is 0 Å². The van der Waals surface area contributed by atoms with Crippen LogP contribution in [0.3, 0.4) is 0 Å². The number of nitrogens with zero attached hydrogens (tertiary/aromatic N) is 2. The average molecular weight is 335 g/mol. The molecule has 26 heavy (non-hydrogen) atoms. The van der Waals surface area contributed by atoms with Gasteiger partial charge in [0.15, 0.2) is 6.20 Å². The van der Waals surface area contributed by atoms with Crippen LogP contribution in [-0.2, 0) is 7.05 Å². The van der Waals surface area contributed by atoms with Gasteiger partial charge in [-0.2, -0.15) is 4.57 Å². The molecule has 0 aliphatic rings. The molecule has 0 amide bonds. The molecule has 6 aromatic rings. The Balaban J connectivity index is 2.17. The Hall–Kier alpha value is -3.13. The Morgan fingerprint density at radius 3 is 2.38 bits per heavy atom. The Morgan fingerprint density at radius 1 is 0.692 bits per heavy atom. The van der Waals surface area contributed by atoms with Crippen molar-refractivity contribution in [2.45, 2.75) is 13.8 Å². The van der Waals surface area contributed by atoms with Gasteiger partial charge in [-0.25, -0.2) is 0 Å². The van der Waals surface area contributed by atoms with Gasteiger partial charge in [-0.05, 0) is 42.5 Å². The molecule has 0 spiro atoms. The minimum Gasteiger partial charge on any atom is -0.303 e. The second kappa shape index (κ2) is 4.53. The molecule has 0 saturated carbocycles. The summed E-state index contributed by atoms with van der Waals surface area (Å²) in [6.07, 6.45) is 2.20. The fourth-order valence-corrected chi connectivity index (χ4v) is 4.81. The fraction of sp³-hybridized carbons (Fsp3) is 0.125. The molecule has 124 valence electrons. The summed E-state index contributed by atoms with van der Waals surface area (Å²) >= 11 is 0. The maximum Gasteiger partial charge on any atom is 0.238 e. The lowest BCUT2D eigenvalue weighted by Gasteiger charge is -2.14. The van der Waals surface area contributed by atoms with E-state index in [4.69, 9.17) is 0 Å². The largest absolute Gasteiger partial charge is 0.303 e. The predicted molar refractivity (Wildman–Crippen MR) is 109 cm³/mol. The van der Waals surface area contributed by atoms with E-state index in [2.05, 4.69) is 90.7 Å². The van der Waals surface area contributed by atoms with Crippen LogP contribution in [0.5, 0.6) is 0 Å². The highest BCUT2D eigenvalue weighted by Crippen LogP contribution is 2.40. The van der Waals surface area contributed by atoms with Crippen LogP contribution < -0.4 is 4.57 Å². The number of pyridine rings is 2. The van der Waals surface area contributed by atoms with Crippen LogP contribution in [-0.4, -0.2) is 4.40 Å². The quantitative estimate of drug-likeness (QED) is 0.199. The zero-order valence-corrected chi connectivity index (χ0v) is 15.2. The number of benzene rings is 3. The lowest BCUT2D eigenvalue weighted by molar-refractivity contribution is -0.644. The molecule has 0 unspecified atom stereocenters. The molecule has 0 saturated heterocycles. The van der Waals surface area contributed by atoms with Gasteiger partial charge in [0, 0.05) is 22.2 Å². The Bertz CT molecular complexity index is 1500. The van der Waals surface area contributed by atoms with Crippen molar-refractivity contribution in [1.82, 2.24) is 4.40 Å². The summed E-state index contributed by atoms with van der Waals surface area (Å²) in [5, 5.41) is 6.76. The van der Waals surface area contributed by atoms with Crippen LogP contribution in [0.25, 0.3) is 49.0 Å². The number of hydrogen-bond donors (Lipinski definition) is 0. The molecular formula is C24H19N2+. The molecule has 0 radical (unpaired) electrons. The van der Waals surface area contributed by atoms with E-state index >= 15 is 0 Å². The first-order valence-corrected chi connectivity index (χ1v) is 9.12. The van der Waals surface area contributed by atoms with E-state index in [0.717, 1.165) is 0 Å². The van der Waals surface area contributed by atoms with Gasteiger partial charge in [-0.1, -0.05) is 36.4 Å². The smallest absolute Gasteiger partial charge is 0.238 e. The van der Waals surface area contributed by atoms with Crippen LogP contribution in [0, 0.1) is 13.8 Å². The minimum absolute atomic E-state index is 1.28. The maximum absolute atomic E-state index is 2.47. The van der Waals surface area contributed by atoms with Gasteiger partial charge >= 0.3 is 0 Å². The van der Waals surface area contributed by atoms with Crippen LogP contribution in [0.4, 0.5) is 0 Å². The van der Waals surface area contributed by atoms with E-state index in [-0.39, 0.29) is 0 Å². The van der Waals surface area contributed by atoms with Crippen molar-refractivity contribution in [3.05, 3.63) is 71.9 Å². The van der Waals surface area contributed by atoms with Crippen molar-refractivity contribution < 1.29 is 4.57 Å². The standard InChI is InChI=1S/C24H19N2/c1-14-9-11-20-22-16(14)10-8-15(2)21(22)24-23-18(12-13-25(24)3)17-6-4-5-7-19(17)26(20)23/h4-13H,1-3H3/q+1. The highest BCUT2D eigenvalue weighted by molar-refractivity contribution is 6.25. The molecule has 0 aliphatic heterocycles. The summed E-state index contributed by atoms with van der Waals surface area (Å²) < 4.78 is 4.75. The first-order valence-electron chi connectivity index (χ1n) is 9.12. The van der Waals surface area contributed by atoms with Crippen LogP contribution >= 0.6 is 0 Å². The summed E-state index contributed by atoms with van der Waals surface area (Å²) in [5.41, 5.74) is 7.90. The molecule has 3 aromatic heterocycles. The topological polar surface area (TPSA) is 8.29 Å². The van der Waals surface area contributed by atoms with Gasteiger partial charge in [0.05, 0.1) is 16.4 Å². The van der Waals surface area contributed by atoms with Crippen LogP contribution in [0.15, 0.2) is 60.8 Å². The summed E-state index contributed by atoms with van der Waals surface area (Å²) in [7, 11) is 2.16. The number of para-hydroxylation sites is 1. The van der Waals surface area contributed by atoms with Gasteiger partial charge in [0.1, 0.15) is 12.6 Å². The highest BCUT2D eigenvalue weighted by atomic mass is 15.0. The lowest BCUT2D eigenvalue weighted by atomic mass is 9.95. The Labute approximate surface area is 151 Å². The number of aryl methyl sites for hydroxylation is 3. The lowest BCUT2D eigenvalue weighted by Crippen LogP contribution is -2.29. The third kappa shape index (κ3) is 1.47. The number of hydrogen-bond acceptors (Lipinski definition) is 0. The van der Waals surface area contributed by atoms with Gasteiger partial charge in [0.25, 0.3) is 0 Å². The first kappa shape index (κ1) is 14.1. The van der Waals surface area contributed by atoms with Gasteiger partial charge in [0.2, 0.25) is 5.52 Å². The molecule has 2 nitrogen and oxygen atoms in total.